The zero-order chi connectivity index (χ0) is 15.4. The van der Waals surface area contributed by atoms with Gasteiger partial charge in [0.25, 0.3) is 0 Å². The molecule has 3 rings (SSSR count). The van der Waals surface area contributed by atoms with Crippen LogP contribution in [0, 0.1) is 6.92 Å². The average Bonchev–Trinajstić information content (AvgIpc) is 2.52. The first-order chi connectivity index (χ1) is 10.7. The molecule has 1 saturated carbocycles. The highest BCUT2D eigenvalue weighted by Crippen LogP contribution is 2.24. The molecule has 0 amide bonds. The number of nitrogens with one attached hydrogen (secondary N) is 2. The zero-order valence-corrected chi connectivity index (χ0v) is 14.4. The Hall–Kier alpha value is -1.62. The van der Waals surface area contributed by atoms with Crippen LogP contribution < -0.4 is 10.6 Å². The van der Waals surface area contributed by atoms with Crippen molar-refractivity contribution in [1.82, 2.24) is 9.97 Å². The molecule has 0 bridgehead atoms. The van der Waals surface area contributed by atoms with Gasteiger partial charge in [-0.05, 0) is 49.6 Å². The second kappa shape index (κ2) is 7.09. The van der Waals surface area contributed by atoms with Gasteiger partial charge in [-0.2, -0.15) is 4.98 Å². The van der Waals surface area contributed by atoms with Gasteiger partial charge in [-0.25, -0.2) is 4.98 Å². The summed E-state index contributed by atoms with van der Waals surface area (Å²) in [5.74, 6) is 1.53. The molecule has 5 heteroatoms. The first-order valence-electron chi connectivity index (χ1n) is 7.83. The van der Waals surface area contributed by atoms with Crippen molar-refractivity contribution in [2.45, 2.75) is 45.1 Å². The fraction of sp³-hybridized carbons (Fsp3) is 0.412. The van der Waals surface area contributed by atoms with Gasteiger partial charge in [0.1, 0.15) is 5.82 Å². The predicted molar refractivity (Wildman–Crippen MR) is 94.7 cm³/mol. The molecule has 1 heterocycles. The monoisotopic (exact) mass is 360 g/mol. The van der Waals surface area contributed by atoms with E-state index in [1.807, 2.05) is 18.2 Å². The Labute approximate surface area is 139 Å². The normalized spacial score (nSPS) is 15.5. The molecule has 0 saturated heterocycles. The van der Waals surface area contributed by atoms with E-state index >= 15 is 0 Å². The van der Waals surface area contributed by atoms with Crippen molar-refractivity contribution in [3.05, 3.63) is 40.5 Å². The topological polar surface area (TPSA) is 49.8 Å². The molecule has 2 N–H and O–H groups in total. The van der Waals surface area contributed by atoms with Crippen LogP contribution in [0.25, 0.3) is 0 Å². The fourth-order valence-corrected chi connectivity index (χ4v) is 3.32. The van der Waals surface area contributed by atoms with Crippen molar-refractivity contribution in [3.63, 3.8) is 0 Å². The van der Waals surface area contributed by atoms with Crippen LogP contribution in [-0.2, 0) is 0 Å². The van der Waals surface area contributed by atoms with E-state index in [2.05, 4.69) is 49.5 Å². The van der Waals surface area contributed by atoms with E-state index in [1.54, 1.807) is 6.20 Å². The van der Waals surface area contributed by atoms with Crippen LogP contribution in [0.4, 0.5) is 17.5 Å². The van der Waals surface area contributed by atoms with Gasteiger partial charge < -0.3 is 10.6 Å². The number of aromatic nitrogens is 2. The van der Waals surface area contributed by atoms with Crippen molar-refractivity contribution in [2.75, 3.05) is 10.6 Å². The third-order valence-electron chi connectivity index (χ3n) is 4.05. The molecular weight excluding hydrogens is 340 g/mol. The number of hydrogen-bond acceptors (Lipinski definition) is 4. The Kier molecular flexibility index (Phi) is 4.93. The third-order valence-corrected chi connectivity index (χ3v) is 4.54. The highest BCUT2D eigenvalue weighted by atomic mass is 79.9. The summed E-state index contributed by atoms with van der Waals surface area (Å²) in [6.45, 7) is 2.07. The minimum Gasteiger partial charge on any atom is -0.367 e. The van der Waals surface area contributed by atoms with E-state index in [9.17, 15) is 0 Å². The summed E-state index contributed by atoms with van der Waals surface area (Å²) in [6, 6.07) is 8.61. The minimum absolute atomic E-state index is 0.547. The van der Waals surface area contributed by atoms with Gasteiger partial charge in [0.05, 0.1) is 0 Å². The Bertz CT molecular complexity index is 638. The van der Waals surface area contributed by atoms with E-state index < -0.39 is 0 Å². The Morgan fingerprint density at radius 2 is 1.95 bits per heavy atom. The molecule has 0 aliphatic heterocycles. The maximum Gasteiger partial charge on any atom is 0.229 e. The molecule has 1 fully saturated rings. The minimum atomic E-state index is 0.547. The molecule has 22 heavy (non-hydrogen) atoms. The van der Waals surface area contributed by atoms with Crippen molar-refractivity contribution < 1.29 is 0 Å². The molecule has 0 spiro atoms. The first-order valence-corrected chi connectivity index (χ1v) is 8.63. The highest BCUT2D eigenvalue weighted by Gasteiger charge is 2.13. The fourth-order valence-electron chi connectivity index (χ4n) is 2.84. The number of aryl methyl sites for hydroxylation is 1. The van der Waals surface area contributed by atoms with Crippen LogP contribution in [0.2, 0.25) is 0 Å². The van der Waals surface area contributed by atoms with Gasteiger partial charge >= 0.3 is 0 Å². The van der Waals surface area contributed by atoms with Crippen molar-refractivity contribution in [3.8, 4) is 0 Å². The molecule has 1 aliphatic rings. The number of benzene rings is 1. The molecule has 0 atom stereocenters. The van der Waals surface area contributed by atoms with E-state index in [0.29, 0.717) is 12.0 Å². The van der Waals surface area contributed by atoms with Crippen LogP contribution in [0.3, 0.4) is 0 Å². The van der Waals surface area contributed by atoms with E-state index in [1.165, 1.54) is 32.1 Å². The lowest BCUT2D eigenvalue weighted by Crippen LogP contribution is -2.22. The summed E-state index contributed by atoms with van der Waals surface area (Å²) < 4.78 is 1.07. The zero-order valence-electron chi connectivity index (χ0n) is 12.8. The highest BCUT2D eigenvalue weighted by molar-refractivity contribution is 9.10. The molecule has 1 aromatic heterocycles. The largest absolute Gasteiger partial charge is 0.367 e. The quantitative estimate of drug-likeness (QED) is 0.801. The lowest BCUT2D eigenvalue weighted by Gasteiger charge is -2.23. The number of anilines is 3. The number of nitrogens with zero attached hydrogens (tertiary/aromatic N) is 2. The van der Waals surface area contributed by atoms with Gasteiger partial charge in [-0.15, -0.1) is 0 Å². The Morgan fingerprint density at radius 3 is 2.73 bits per heavy atom. The van der Waals surface area contributed by atoms with E-state index in [-0.39, 0.29) is 0 Å². The third kappa shape index (κ3) is 3.97. The standard InChI is InChI=1S/C17H21BrN4/c1-12-11-13(18)7-8-15(12)21-17-19-10-9-16(22-17)20-14-5-3-2-4-6-14/h7-11,14H,2-6H2,1H3,(H2,19,20,21,22). The van der Waals surface area contributed by atoms with Crippen LogP contribution in [0.15, 0.2) is 34.9 Å². The van der Waals surface area contributed by atoms with E-state index in [4.69, 9.17) is 0 Å². The Morgan fingerprint density at radius 1 is 1.14 bits per heavy atom. The molecule has 1 aromatic carbocycles. The lowest BCUT2D eigenvalue weighted by atomic mass is 9.95. The van der Waals surface area contributed by atoms with Gasteiger partial charge in [0.15, 0.2) is 0 Å². The van der Waals surface area contributed by atoms with Crippen LogP contribution in [-0.4, -0.2) is 16.0 Å². The first kappa shape index (κ1) is 15.3. The van der Waals surface area contributed by atoms with Gasteiger partial charge in [-0.3, -0.25) is 0 Å². The van der Waals surface area contributed by atoms with E-state index in [0.717, 1.165) is 21.5 Å². The molecule has 0 radical (unpaired) electrons. The number of halogens is 1. The van der Waals surface area contributed by atoms with Crippen LogP contribution >= 0.6 is 15.9 Å². The second-order valence-electron chi connectivity index (χ2n) is 5.83. The summed E-state index contributed by atoms with van der Waals surface area (Å²) in [4.78, 5) is 8.90. The molecule has 2 aromatic rings. The number of rotatable bonds is 4. The molecule has 116 valence electrons. The smallest absolute Gasteiger partial charge is 0.229 e. The average molecular weight is 361 g/mol. The molecule has 0 unspecified atom stereocenters. The maximum atomic E-state index is 4.58. The SMILES string of the molecule is Cc1cc(Br)ccc1Nc1nccc(NC2CCCCC2)n1. The molecule has 4 nitrogen and oxygen atoms in total. The molecular formula is C17H21BrN4. The summed E-state index contributed by atoms with van der Waals surface area (Å²) in [5.41, 5.74) is 2.18. The summed E-state index contributed by atoms with van der Waals surface area (Å²) in [7, 11) is 0. The number of hydrogen-bond donors (Lipinski definition) is 2. The van der Waals surface area contributed by atoms with Crippen molar-refractivity contribution in [1.29, 1.82) is 0 Å². The predicted octanol–water partition coefficient (Wildman–Crippen LogP) is 5.04. The summed E-state index contributed by atoms with van der Waals surface area (Å²) in [6.07, 6.45) is 8.25. The van der Waals surface area contributed by atoms with Gasteiger partial charge in [0, 0.05) is 22.4 Å². The second-order valence-corrected chi connectivity index (χ2v) is 6.74. The Balaban J connectivity index is 1.70. The maximum absolute atomic E-state index is 4.58. The summed E-state index contributed by atoms with van der Waals surface area (Å²) in [5, 5.41) is 6.83. The van der Waals surface area contributed by atoms with Gasteiger partial charge in [0.2, 0.25) is 5.95 Å². The summed E-state index contributed by atoms with van der Waals surface area (Å²) >= 11 is 3.48. The van der Waals surface area contributed by atoms with Gasteiger partial charge in [-0.1, -0.05) is 35.2 Å². The van der Waals surface area contributed by atoms with Crippen LogP contribution in [0.5, 0.6) is 0 Å². The van der Waals surface area contributed by atoms with Crippen molar-refractivity contribution >= 4 is 33.4 Å². The lowest BCUT2D eigenvalue weighted by molar-refractivity contribution is 0.462. The van der Waals surface area contributed by atoms with Crippen LogP contribution in [0.1, 0.15) is 37.7 Å². The molecule has 1 aliphatic carbocycles. The van der Waals surface area contributed by atoms with Crippen molar-refractivity contribution in [2.24, 2.45) is 0 Å².